The van der Waals surface area contributed by atoms with Crippen molar-refractivity contribution in [3.8, 4) is 0 Å². The predicted octanol–water partition coefficient (Wildman–Crippen LogP) is 0.161. The van der Waals surface area contributed by atoms with E-state index in [0.717, 1.165) is 6.42 Å². The molecule has 96 valence electrons. The minimum absolute atomic E-state index is 0.0659. The van der Waals surface area contributed by atoms with Gasteiger partial charge in [0.1, 0.15) is 23.1 Å². The highest BCUT2D eigenvalue weighted by molar-refractivity contribution is 14.1. The first-order valence-electron chi connectivity index (χ1n) is 5.35. The first kappa shape index (κ1) is 16.1. The van der Waals surface area contributed by atoms with E-state index < -0.39 is 0 Å². The average molecular weight is 345 g/mol. The second kappa shape index (κ2) is 9.15. The minimum atomic E-state index is -0.240. The monoisotopic (exact) mass is 345 g/mol. The third-order valence-electron chi connectivity index (χ3n) is 2.17. The zero-order valence-electron chi connectivity index (χ0n) is 9.99. The number of quaternary nitrogens is 1. The maximum Gasteiger partial charge on any atom is 0.319 e. The van der Waals surface area contributed by atoms with Crippen LogP contribution in [0.5, 0.6) is 0 Å². The normalized spacial score (nSPS) is 16.6. The van der Waals surface area contributed by atoms with Gasteiger partial charge in [0.05, 0.1) is 6.61 Å². The molecule has 0 aromatic rings. The van der Waals surface area contributed by atoms with Gasteiger partial charge in [0, 0.05) is 7.11 Å². The molecule has 0 saturated carbocycles. The molecular weight excluding hydrogens is 325 g/mol. The highest BCUT2D eigenvalue weighted by Crippen LogP contribution is 2.06. The van der Waals surface area contributed by atoms with E-state index in [1.54, 1.807) is 14.0 Å². The fraction of sp³-hybridized carbons (Fsp3) is 0.900. The van der Waals surface area contributed by atoms with Crippen LogP contribution in [0.3, 0.4) is 0 Å². The van der Waals surface area contributed by atoms with Gasteiger partial charge in [-0.2, -0.15) is 0 Å². The van der Waals surface area contributed by atoms with Crippen LogP contribution < -0.4 is 5.06 Å². The molecule has 0 amide bonds. The topological polar surface area (TPSA) is 63.0 Å². The van der Waals surface area contributed by atoms with Crippen molar-refractivity contribution in [1.82, 2.24) is 0 Å². The summed E-state index contributed by atoms with van der Waals surface area (Å²) in [5, 5.41) is 11.5. The van der Waals surface area contributed by atoms with Crippen LogP contribution in [-0.2, 0) is 14.3 Å². The molecule has 5 nitrogen and oxygen atoms in total. The fourth-order valence-electron chi connectivity index (χ4n) is 1.10. The standard InChI is InChI=1S/C10H20INO4/c1-4-9(11)10(13)16-6-5-12(14)8(2)7-15-3/h8-9,12H,4-7H2,1-3H3. The summed E-state index contributed by atoms with van der Waals surface area (Å²) in [4.78, 5) is 11.3. The highest BCUT2D eigenvalue weighted by Gasteiger charge is 2.15. The van der Waals surface area contributed by atoms with E-state index in [-0.39, 0.29) is 34.2 Å². The number of carbonyl (C=O) groups excluding carboxylic acids is 1. The minimum Gasteiger partial charge on any atom is -0.634 e. The molecule has 3 unspecified atom stereocenters. The number of hydroxylamine groups is 2. The van der Waals surface area contributed by atoms with Gasteiger partial charge in [-0.1, -0.05) is 29.5 Å². The van der Waals surface area contributed by atoms with Crippen LogP contribution in [0.2, 0.25) is 0 Å². The average Bonchev–Trinajstić information content (AvgIpc) is 2.27. The molecule has 1 N–H and O–H groups in total. The number of rotatable bonds is 8. The van der Waals surface area contributed by atoms with Gasteiger partial charge in [-0.05, 0) is 13.3 Å². The van der Waals surface area contributed by atoms with Crippen LogP contribution in [0.15, 0.2) is 0 Å². The molecule has 0 fully saturated rings. The van der Waals surface area contributed by atoms with Crippen molar-refractivity contribution in [1.29, 1.82) is 0 Å². The maximum absolute atomic E-state index is 11.5. The zero-order chi connectivity index (χ0) is 12.6. The molecule has 0 aromatic carbocycles. The van der Waals surface area contributed by atoms with Crippen molar-refractivity contribution in [3.05, 3.63) is 5.21 Å². The van der Waals surface area contributed by atoms with Crippen molar-refractivity contribution >= 4 is 28.6 Å². The number of methoxy groups -OCH3 is 1. The molecule has 0 radical (unpaired) electrons. The van der Waals surface area contributed by atoms with Crippen molar-refractivity contribution in [2.24, 2.45) is 0 Å². The molecule has 16 heavy (non-hydrogen) atoms. The van der Waals surface area contributed by atoms with Gasteiger partial charge in [-0.15, -0.1) is 0 Å². The molecule has 0 aliphatic carbocycles. The molecular formula is C10H20INO4. The Balaban J connectivity index is 3.69. The highest BCUT2D eigenvalue weighted by atomic mass is 127. The molecule has 0 heterocycles. The Morgan fingerprint density at radius 3 is 2.69 bits per heavy atom. The Morgan fingerprint density at radius 2 is 2.19 bits per heavy atom. The Kier molecular flexibility index (Phi) is 9.19. The summed E-state index contributed by atoms with van der Waals surface area (Å²) in [5.74, 6) is -0.240. The number of carbonyl (C=O) groups is 1. The van der Waals surface area contributed by atoms with Gasteiger partial charge in [-0.25, -0.2) is 0 Å². The molecule has 3 atom stereocenters. The lowest BCUT2D eigenvalue weighted by Gasteiger charge is -2.28. The van der Waals surface area contributed by atoms with Crippen LogP contribution in [0.25, 0.3) is 0 Å². The summed E-state index contributed by atoms with van der Waals surface area (Å²) in [7, 11) is 1.56. The van der Waals surface area contributed by atoms with Gasteiger partial charge in [-0.3, -0.25) is 4.79 Å². The van der Waals surface area contributed by atoms with Crippen molar-refractivity contribution in [2.75, 3.05) is 26.9 Å². The summed E-state index contributed by atoms with van der Waals surface area (Å²) >= 11 is 2.04. The van der Waals surface area contributed by atoms with Crippen LogP contribution in [0, 0.1) is 5.21 Å². The SMILES string of the molecule is CCC(I)C(=O)OCC[NH+]([O-])C(C)COC. The number of hydrogen-bond donors (Lipinski definition) is 1. The van der Waals surface area contributed by atoms with E-state index in [1.165, 1.54) is 0 Å². The van der Waals surface area contributed by atoms with Crippen LogP contribution >= 0.6 is 22.6 Å². The molecule has 0 rings (SSSR count). The summed E-state index contributed by atoms with van der Waals surface area (Å²) in [6.07, 6.45) is 0.743. The number of alkyl halides is 1. The first-order valence-corrected chi connectivity index (χ1v) is 6.59. The Hall–Kier alpha value is 0.0800. The molecule has 0 aromatic heterocycles. The summed E-state index contributed by atoms with van der Waals surface area (Å²) < 4.78 is 9.74. The lowest BCUT2D eigenvalue weighted by atomic mass is 10.3. The lowest BCUT2D eigenvalue weighted by molar-refractivity contribution is -0.874. The third-order valence-corrected chi connectivity index (χ3v) is 3.56. The zero-order valence-corrected chi connectivity index (χ0v) is 12.2. The molecule has 6 heteroatoms. The van der Waals surface area contributed by atoms with Crippen molar-refractivity contribution in [3.63, 3.8) is 0 Å². The quantitative estimate of drug-likeness (QED) is 0.295. The Morgan fingerprint density at radius 1 is 1.56 bits per heavy atom. The van der Waals surface area contributed by atoms with E-state index in [9.17, 15) is 10.0 Å². The van der Waals surface area contributed by atoms with Gasteiger partial charge in [0.15, 0.2) is 0 Å². The van der Waals surface area contributed by atoms with Gasteiger partial charge < -0.3 is 19.7 Å². The van der Waals surface area contributed by atoms with E-state index >= 15 is 0 Å². The third kappa shape index (κ3) is 6.62. The van der Waals surface area contributed by atoms with Gasteiger partial charge in [0.25, 0.3) is 0 Å². The van der Waals surface area contributed by atoms with Crippen LogP contribution in [0.4, 0.5) is 0 Å². The molecule has 0 spiro atoms. The van der Waals surface area contributed by atoms with Gasteiger partial charge >= 0.3 is 5.97 Å². The second-order valence-electron chi connectivity index (χ2n) is 3.62. The van der Waals surface area contributed by atoms with Crippen LogP contribution in [-0.4, -0.2) is 42.8 Å². The summed E-state index contributed by atoms with van der Waals surface area (Å²) in [6.45, 7) is 4.58. The second-order valence-corrected chi connectivity index (χ2v) is 5.12. The number of ether oxygens (including phenoxy) is 2. The molecule has 0 bridgehead atoms. The summed E-state index contributed by atoms with van der Waals surface area (Å²) in [5.41, 5.74) is 0. The number of hydrogen-bond acceptors (Lipinski definition) is 4. The lowest BCUT2D eigenvalue weighted by Crippen LogP contribution is -3.12. The van der Waals surface area contributed by atoms with Crippen LogP contribution in [0.1, 0.15) is 20.3 Å². The number of esters is 1. The largest absolute Gasteiger partial charge is 0.634 e. The predicted molar refractivity (Wildman–Crippen MR) is 69.6 cm³/mol. The van der Waals surface area contributed by atoms with Crippen molar-refractivity contribution < 1.29 is 19.3 Å². The number of nitrogens with one attached hydrogen (secondary N) is 1. The molecule has 0 saturated heterocycles. The maximum atomic E-state index is 11.5. The summed E-state index contributed by atoms with van der Waals surface area (Å²) in [6, 6.07) is -0.134. The van der Waals surface area contributed by atoms with E-state index in [2.05, 4.69) is 0 Å². The number of halogens is 1. The van der Waals surface area contributed by atoms with Crippen molar-refractivity contribution in [2.45, 2.75) is 30.2 Å². The smallest absolute Gasteiger partial charge is 0.319 e. The van der Waals surface area contributed by atoms with E-state index in [4.69, 9.17) is 9.47 Å². The molecule has 0 aliphatic rings. The molecule has 0 aliphatic heterocycles. The van der Waals surface area contributed by atoms with E-state index in [1.807, 2.05) is 29.5 Å². The fourth-order valence-corrected chi connectivity index (χ4v) is 1.28. The van der Waals surface area contributed by atoms with Gasteiger partial charge in [0.2, 0.25) is 0 Å². The van der Waals surface area contributed by atoms with E-state index in [0.29, 0.717) is 6.61 Å². The Bertz CT molecular complexity index is 203. The first-order chi connectivity index (χ1) is 7.52. The Labute approximate surface area is 110 Å².